The van der Waals surface area contributed by atoms with Gasteiger partial charge in [-0.25, -0.2) is 14.8 Å². The molecule has 2 aromatic rings. The third-order valence-electron chi connectivity index (χ3n) is 3.78. The number of esters is 1. The largest absolute Gasteiger partial charge is 0.464 e. The summed E-state index contributed by atoms with van der Waals surface area (Å²) >= 11 is 5.79. The van der Waals surface area contributed by atoms with Gasteiger partial charge in [0, 0.05) is 18.9 Å². The Morgan fingerprint density at radius 3 is 2.95 bits per heavy atom. The van der Waals surface area contributed by atoms with Crippen LogP contribution in [0, 0.1) is 0 Å². The zero-order valence-corrected chi connectivity index (χ0v) is 13.2. The van der Waals surface area contributed by atoms with Crippen molar-refractivity contribution in [2.24, 2.45) is 0 Å². The molecule has 0 aromatic carbocycles. The Morgan fingerprint density at radius 1 is 1.50 bits per heavy atom. The number of imidazole rings is 1. The molecule has 1 saturated heterocycles. The van der Waals surface area contributed by atoms with Crippen LogP contribution in [-0.2, 0) is 22.4 Å². The minimum atomic E-state index is -0.447. The van der Waals surface area contributed by atoms with E-state index in [4.69, 9.17) is 21.1 Å². The molecule has 0 bridgehead atoms. The quantitative estimate of drug-likeness (QED) is 0.602. The molecule has 1 aliphatic rings. The SMILES string of the molecule is COC(=O)c1ccc2nc(CCCCl)n(C[C@@H]3CCO3)c2n1. The maximum Gasteiger partial charge on any atom is 0.356 e. The van der Waals surface area contributed by atoms with Gasteiger partial charge in [0.2, 0.25) is 0 Å². The van der Waals surface area contributed by atoms with Gasteiger partial charge in [-0.3, -0.25) is 0 Å². The lowest BCUT2D eigenvalue weighted by Gasteiger charge is -2.27. The molecule has 0 aliphatic carbocycles. The molecule has 1 aliphatic heterocycles. The van der Waals surface area contributed by atoms with Crippen molar-refractivity contribution < 1.29 is 14.3 Å². The summed E-state index contributed by atoms with van der Waals surface area (Å²) in [6.45, 7) is 1.50. The maximum absolute atomic E-state index is 11.7. The molecule has 0 spiro atoms. The van der Waals surface area contributed by atoms with Crippen LogP contribution in [0.2, 0.25) is 0 Å². The highest BCUT2D eigenvalue weighted by Gasteiger charge is 2.22. The predicted octanol–water partition coefficient (Wildman–Crippen LogP) is 2.18. The van der Waals surface area contributed by atoms with E-state index in [0.29, 0.717) is 18.1 Å². The Hall–Kier alpha value is -1.66. The van der Waals surface area contributed by atoms with E-state index in [2.05, 4.69) is 9.97 Å². The average molecular weight is 324 g/mol. The summed E-state index contributed by atoms with van der Waals surface area (Å²) in [7, 11) is 1.35. The van der Waals surface area contributed by atoms with Crippen molar-refractivity contribution in [2.45, 2.75) is 31.9 Å². The Bertz CT molecular complexity index is 682. The van der Waals surface area contributed by atoms with Gasteiger partial charge < -0.3 is 14.0 Å². The molecule has 3 rings (SSSR count). The summed E-state index contributed by atoms with van der Waals surface area (Å²) in [6.07, 6.45) is 2.85. The minimum absolute atomic E-state index is 0.190. The van der Waals surface area contributed by atoms with Crippen LogP contribution in [0.25, 0.3) is 11.2 Å². The number of carbonyl (C=O) groups is 1. The first kappa shape index (κ1) is 15.2. The number of halogens is 1. The fourth-order valence-corrected chi connectivity index (χ4v) is 2.64. The molecule has 7 heteroatoms. The van der Waals surface area contributed by atoms with E-state index in [1.165, 1.54) is 7.11 Å². The molecule has 22 heavy (non-hydrogen) atoms. The second-order valence-electron chi connectivity index (χ2n) is 5.24. The molecule has 0 N–H and O–H groups in total. The molecule has 0 saturated carbocycles. The standard InChI is InChI=1S/C15H18ClN3O3/c1-21-15(20)12-5-4-11-14(18-12)19(9-10-6-8-22-10)13(17-11)3-2-7-16/h4-5,10H,2-3,6-9H2,1H3/t10-/m0/s1. The van der Waals surface area contributed by atoms with Gasteiger partial charge in [0.15, 0.2) is 11.3 Å². The Kier molecular flexibility index (Phi) is 4.59. The van der Waals surface area contributed by atoms with Crippen molar-refractivity contribution in [3.8, 4) is 0 Å². The number of hydrogen-bond acceptors (Lipinski definition) is 5. The molecule has 6 nitrogen and oxygen atoms in total. The summed E-state index contributed by atoms with van der Waals surface area (Å²) in [5, 5.41) is 0. The second-order valence-corrected chi connectivity index (χ2v) is 5.62. The number of aromatic nitrogens is 3. The fraction of sp³-hybridized carbons (Fsp3) is 0.533. The number of methoxy groups -OCH3 is 1. The summed E-state index contributed by atoms with van der Waals surface area (Å²) < 4.78 is 12.3. The molecule has 118 valence electrons. The Balaban J connectivity index is 2.00. The van der Waals surface area contributed by atoms with Gasteiger partial charge >= 0.3 is 5.97 Å². The van der Waals surface area contributed by atoms with E-state index in [9.17, 15) is 4.79 Å². The van der Waals surface area contributed by atoms with Gasteiger partial charge in [0.25, 0.3) is 0 Å². The van der Waals surface area contributed by atoms with Gasteiger partial charge in [-0.15, -0.1) is 11.6 Å². The smallest absolute Gasteiger partial charge is 0.356 e. The minimum Gasteiger partial charge on any atom is -0.464 e. The van der Waals surface area contributed by atoms with Crippen molar-refractivity contribution in [3.63, 3.8) is 0 Å². The van der Waals surface area contributed by atoms with Gasteiger partial charge in [-0.05, 0) is 25.0 Å². The third kappa shape index (κ3) is 2.94. The average Bonchev–Trinajstić information content (AvgIpc) is 2.84. The van der Waals surface area contributed by atoms with Crippen molar-refractivity contribution in [3.05, 3.63) is 23.7 Å². The highest BCUT2D eigenvalue weighted by molar-refractivity contribution is 6.17. The molecule has 1 atom stereocenters. The van der Waals surface area contributed by atoms with Crippen molar-refractivity contribution >= 4 is 28.7 Å². The molecular weight excluding hydrogens is 306 g/mol. The first-order valence-electron chi connectivity index (χ1n) is 7.35. The van der Waals surface area contributed by atoms with Crippen LogP contribution in [0.1, 0.15) is 29.2 Å². The van der Waals surface area contributed by atoms with Crippen LogP contribution in [-0.4, -0.2) is 46.2 Å². The molecular formula is C15H18ClN3O3. The van der Waals surface area contributed by atoms with E-state index >= 15 is 0 Å². The van der Waals surface area contributed by atoms with Crippen LogP contribution in [0.4, 0.5) is 0 Å². The molecule has 0 unspecified atom stereocenters. The highest BCUT2D eigenvalue weighted by Crippen LogP contribution is 2.21. The lowest BCUT2D eigenvalue weighted by atomic mass is 10.2. The van der Waals surface area contributed by atoms with E-state index in [-0.39, 0.29) is 11.8 Å². The predicted molar refractivity (Wildman–Crippen MR) is 82.3 cm³/mol. The number of alkyl halides is 1. The maximum atomic E-state index is 11.7. The zero-order chi connectivity index (χ0) is 15.5. The normalized spacial score (nSPS) is 17.5. The van der Waals surface area contributed by atoms with Crippen LogP contribution in [0.15, 0.2) is 12.1 Å². The topological polar surface area (TPSA) is 66.2 Å². The van der Waals surface area contributed by atoms with Crippen molar-refractivity contribution in [1.82, 2.24) is 14.5 Å². The Labute approximate surface area is 133 Å². The number of carbonyl (C=O) groups excluding carboxylic acids is 1. The first-order chi connectivity index (χ1) is 10.7. The van der Waals surface area contributed by atoms with Crippen LogP contribution >= 0.6 is 11.6 Å². The zero-order valence-electron chi connectivity index (χ0n) is 12.4. The molecule has 1 fully saturated rings. The third-order valence-corrected chi connectivity index (χ3v) is 4.05. The second kappa shape index (κ2) is 6.62. The lowest BCUT2D eigenvalue weighted by Crippen LogP contribution is -2.32. The fourth-order valence-electron chi connectivity index (χ4n) is 2.51. The first-order valence-corrected chi connectivity index (χ1v) is 7.88. The van der Waals surface area contributed by atoms with Crippen LogP contribution in [0.3, 0.4) is 0 Å². The lowest BCUT2D eigenvalue weighted by molar-refractivity contribution is -0.0590. The van der Waals surface area contributed by atoms with Gasteiger partial charge in [-0.2, -0.15) is 0 Å². The number of hydrogen-bond donors (Lipinski definition) is 0. The van der Waals surface area contributed by atoms with Crippen LogP contribution < -0.4 is 0 Å². The monoisotopic (exact) mass is 323 g/mol. The van der Waals surface area contributed by atoms with E-state index in [1.807, 2.05) is 4.57 Å². The van der Waals surface area contributed by atoms with Gasteiger partial charge in [-0.1, -0.05) is 0 Å². The Morgan fingerprint density at radius 2 is 2.32 bits per heavy atom. The number of fused-ring (bicyclic) bond motifs is 1. The van der Waals surface area contributed by atoms with Crippen molar-refractivity contribution in [2.75, 3.05) is 19.6 Å². The van der Waals surface area contributed by atoms with E-state index < -0.39 is 5.97 Å². The molecule has 0 amide bonds. The number of ether oxygens (including phenoxy) is 2. The van der Waals surface area contributed by atoms with E-state index in [1.54, 1.807) is 12.1 Å². The number of nitrogens with zero attached hydrogens (tertiary/aromatic N) is 3. The summed E-state index contributed by atoms with van der Waals surface area (Å²) in [6, 6.07) is 3.44. The molecule has 0 radical (unpaired) electrons. The van der Waals surface area contributed by atoms with Crippen molar-refractivity contribution in [1.29, 1.82) is 0 Å². The number of pyridine rings is 1. The van der Waals surface area contributed by atoms with Crippen LogP contribution in [0.5, 0.6) is 0 Å². The molecule has 2 aromatic heterocycles. The van der Waals surface area contributed by atoms with Gasteiger partial charge in [0.05, 0.1) is 19.8 Å². The molecule has 3 heterocycles. The number of aryl methyl sites for hydroxylation is 1. The summed E-state index contributed by atoms with van der Waals surface area (Å²) in [5.41, 5.74) is 1.76. The summed E-state index contributed by atoms with van der Waals surface area (Å²) in [5.74, 6) is 1.07. The van der Waals surface area contributed by atoms with E-state index in [0.717, 1.165) is 37.2 Å². The van der Waals surface area contributed by atoms with Gasteiger partial charge in [0.1, 0.15) is 11.3 Å². The number of rotatable bonds is 6. The highest BCUT2D eigenvalue weighted by atomic mass is 35.5. The summed E-state index contributed by atoms with van der Waals surface area (Å²) in [4.78, 5) is 20.7.